The Balaban J connectivity index is 0.934. The van der Waals surface area contributed by atoms with Crippen LogP contribution in [0, 0.1) is 0 Å². The van der Waals surface area contributed by atoms with E-state index in [1.165, 1.54) is 19.8 Å². The molecule has 0 radical (unpaired) electrons. The summed E-state index contributed by atoms with van der Waals surface area (Å²) in [5, 5.41) is 9.92. The molecule has 0 aromatic heterocycles. The fourth-order valence-electron chi connectivity index (χ4n) is 11.5. The normalized spacial score (nSPS) is 15.4. The van der Waals surface area contributed by atoms with Gasteiger partial charge in [0.15, 0.2) is 23.0 Å². The molecule has 0 aliphatic carbocycles. The topological polar surface area (TPSA) is 264 Å². The van der Waals surface area contributed by atoms with Crippen LogP contribution >= 0.6 is 0 Å². The van der Waals surface area contributed by atoms with Crippen LogP contribution in [0.3, 0.4) is 0 Å². The monoisotopic (exact) mass is 1240 g/mol. The summed E-state index contributed by atoms with van der Waals surface area (Å²) in [6, 6.07) is 29.0. The summed E-state index contributed by atoms with van der Waals surface area (Å²) in [7, 11) is 5.93. The minimum atomic E-state index is -0.626. The van der Waals surface area contributed by atoms with E-state index in [4.69, 9.17) is 38.2 Å². The molecule has 4 N–H and O–H groups in total. The zero-order chi connectivity index (χ0) is 63.4. The summed E-state index contributed by atoms with van der Waals surface area (Å²) >= 11 is 0. The largest absolute Gasteiger partial charge is 0.493 e. The number of para-hydroxylation sites is 2. The molecule has 478 valence electrons. The molecule has 6 amide bonds. The predicted octanol–water partition coefficient (Wildman–Crippen LogP) is 6.13. The molecular weight excluding hydrogens is 1160 g/mol. The third-order valence-electron chi connectivity index (χ3n) is 16.1. The minimum Gasteiger partial charge on any atom is -0.493 e. The summed E-state index contributed by atoms with van der Waals surface area (Å²) in [5.41, 5.74) is 8.62. The number of carbonyl (C=O) groups excluding carboxylic acids is 7. The molecule has 4 aliphatic heterocycles. The van der Waals surface area contributed by atoms with Crippen LogP contribution in [-0.4, -0.2) is 160 Å². The molecule has 5 aromatic carbocycles. The Labute approximate surface area is 524 Å². The second kappa shape index (κ2) is 32.4. The standard InChI is InChI=1S/C67H80N8O15/c1-83-25-26-88-28-27-87-24-23-73(22-12-19-61(76)70-40-63(78)72-41-64(79)71-39-62(77)68-21-20-65(80)86-4)50-30-44(42-89-59-34-46-13-6-5-7-16-49-32-47-14-8-10-17-55(47)74(49)66(81)52(46)35-57(59)84-2)29-45(31-50)43-90-60-37-54-53(36-58(60)85-3)67(82)75-51(38-69-54)33-48-15-9-11-18-56(48)75/h8-11,14-15,17-18,29-31,34-38,49,51H,5-7,12-13,16,19-28,32-33,39-43H2,1-4H3,(H,68,77)(H,70,76)(H,71,79)(H,72,78)/t49-,51+/m1/s1. The van der Waals surface area contributed by atoms with Crippen LogP contribution in [0.25, 0.3) is 0 Å². The number of hydrogen-bond donors (Lipinski definition) is 4. The SMILES string of the molecule is COCCOCCOCCN(CCCC(=O)NCC(=O)NCC(=O)NCC(=O)NCCC(=O)OC)c1cc(COc2cc3c(cc2OC)C(=O)N2c4ccccc4C[C@H]2CCCCC3)cc(COc2cc3c(cc2OC)C(=O)N2c4ccccc4C[C@H]2C=N3)c1. The summed E-state index contributed by atoms with van der Waals surface area (Å²) in [6.07, 6.45) is 8.20. The predicted molar refractivity (Wildman–Crippen MR) is 337 cm³/mol. The van der Waals surface area contributed by atoms with Crippen molar-refractivity contribution in [1.82, 2.24) is 21.3 Å². The first-order valence-corrected chi connectivity index (χ1v) is 30.6. The number of carbonyl (C=O) groups is 7. The molecule has 90 heavy (non-hydrogen) atoms. The molecule has 0 saturated carbocycles. The van der Waals surface area contributed by atoms with Crippen LogP contribution in [0.1, 0.15) is 93.5 Å². The number of hydrogen-bond acceptors (Lipinski definition) is 17. The zero-order valence-electron chi connectivity index (χ0n) is 51.6. The van der Waals surface area contributed by atoms with Gasteiger partial charge in [0, 0.05) is 80.5 Å². The van der Waals surface area contributed by atoms with Crippen molar-refractivity contribution in [2.45, 2.75) is 89.5 Å². The van der Waals surface area contributed by atoms with Crippen molar-refractivity contribution in [2.24, 2.45) is 4.99 Å². The van der Waals surface area contributed by atoms with E-state index in [0.717, 1.165) is 71.4 Å². The Hall–Kier alpha value is -9.06. The molecule has 0 bridgehead atoms. The van der Waals surface area contributed by atoms with Gasteiger partial charge in [-0.1, -0.05) is 49.2 Å². The maximum atomic E-state index is 14.7. The van der Waals surface area contributed by atoms with Gasteiger partial charge in [0.05, 0.1) is 97.7 Å². The molecule has 4 aliphatic rings. The number of amides is 6. The maximum absolute atomic E-state index is 14.7. The van der Waals surface area contributed by atoms with Crippen molar-refractivity contribution in [3.63, 3.8) is 0 Å². The third kappa shape index (κ3) is 17.2. The number of aryl methyl sites for hydroxylation is 1. The van der Waals surface area contributed by atoms with E-state index >= 15 is 0 Å². The third-order valence-corrected chi connectivity index (χ3v) is 16.1. The van der Waals surface area contributed by atoms with E-state index in [1.807, 2.05) is 83.9 Å². The van der Waals surface area contributed by atoms with Gasteiger partial charge >= 0.3 is 5.97 Å². The number of aliphatic imine (C=N–C) groups is 1. The van der Waals surface area contributed by atoms with Crippen LogP contribution in [-0.2, 0) is 75.4 Å². The van der Waals surface area contributed by atoms with Gasteiger partial charge in [-0.25, -0.2) is 0 Å². The Bertz CT molecular complexity index is 3410. The molecule has 0 saturated heterocycles. The van der Waals surface area contributed by atoms with Crippen molar-refractivity contribution in [3.8, 4) is 23.0 Å². The van der Waals surface area contributed by atoms with Crippen LogP contribution in [0.4, 0.5) is 22.7 Å². The Morgan fingerprint density at radius 2 is 1.18 bits per heavy atom. The van der Waals surface area contributed by atoms with Crippen molar-refractivity contribution >= 4 is 70.4 Å². The highest BCUT2D eigenvalue weighted by atomic mass is 16.5. The Kier molecular flexibility index (Phi) is 23.6. The van der Waals surface area contributed by atoms with Crippen LogP contribution < -0.4 is 54.9 Å². The number of nitrogens with zero attached hydrogens (tertiary/aromatic N) is 4. The Morgan fingerprint density at radius 1 is 0.578 bits per heavy atom. The smallest absolute Gasteiger partial charge is 0.307 e. The van der Waals surface area contributed by atoms with Crippen molar-refractivity contribution in [3.05, 3.63) is 130 Å². The van der Waals surface area contributed by atoms with Gasteiger partial charge in [0.25, 0.3) is 11.8 Å². The maximum Gasteiger partial charge on any atom is 0.307 e. The summed E-state index contributed by atoms with van der Waals surface area (Å²) in [4.78, 5) is 101. The van der Waals surface area contributed by atoms with Gasteiger partial charge in [-0.05, 0) is 108 Å². The fraction of sp³-hybridized carbons (Fsp3) is 0.433. The quantitative estimate of drug-likeness (QED) is 0.0287. The van der Waals surface area contributed by atoms with Gasteiger partial charge < -0.3 is 69.0 Å². The van der Waals surface area contributed by atoms with Crippen molar-refractivity contribution in [2.75, 3.05) is 115 Å². The van der Waals surface area contributed by atoms with E-state index in [9.17, 15) is 33.6 Å². The van der Waals surface area contributed by atoms with E-state index < -0.39 is 36.1 Å². The lowest BCUT2D eigenvalue weighted by Crippen LogP contribution is -2.44. The second-order valence-electron chi connectivity index (χ2n) is 22.2. The number of benzene rings is 5. The zero-order valence-corrected chi connectivity index (χ0v) is 51.6. The highest BCUT2D eigenvalue weighted by molar-refractivity contribution is 6.15. The number of rotatable bonds is 31. The van der Waals surface area contributed by atoms with Gasteiger partial charge in [-0.15, -0.1) is 0 Å². The molecule has 0 unspecified atom stereocenters. The van der Waals surface area contributed by atoms with Crippen LogP contribution in [0.15, 0.2) is 96.0 Å². The van der Waals surface area contributed by atoms with E-state index in [1.54, 1.807) is 31.3 Å². The number of fused-ring (bicyclic) bond motifs is 8. The molecule has 0 spiro atoms. The molecule has 5 aromatic rings. The molecule has 4 heterocycles. The fourth-order valence-corrected chi connectivity index (χ4v) is 11.5. The van der Waals surface area contributed by atoms with Gasteiger partial charge in [0.1, 0.15) is 13.2 Å². The van der Waals surface area contributed by atoms with Gasteiger partial charge in [-0.2, -0.15) is 0 Å². The average Bonchev–Trinajstić information content (AvgIpc) is 1.66. The number of esters is 1. The first-order chi connectivity index (χ1) is 43.8. The minimum absolute atomic E-state index is 0.0247. The average molecular weight is 1240 g/mol. The van der Waals surface area contributed by atoms with Gasteiger partial charge in [-0.3, -0.25) is 43.5 Å². The lowest BCUT2D eigenvalue weighted by molar-refractivity contribution is -0.140. The summed E-state index contributed by atoms with van der Waals surface area (Å²) in [5.74, 6) is -1.27. The first kappa shape index (κ1) is 65.4. The Morgan fingerprint density at radius 3 is 1.86 bits per heavy atom. The molecule has 0 fully saturated rings. The van der Waals surface area contributed by atoms with Crippen molar-refractivity contribution in [1.29, 1.82) is 0 Å². The second-order valence-corrected chi connectivity index (χ2v) is 22.2. The highest BCUT2D eigenvalue weighted by Crippen LogP contribution is 2.43. The first-order valence-electron chi connectivity index (χ1n) is 30.6. The molecular formula is C67H80N8O15. The molecule has 2 atom stereocenters. The summed E-state index contributed by atoms with van der Waals surface area (Å²) in [6.45, 7) is 1.60. The van der Waals surface area contributed by atoms with Crippen molar-refractivity contribution < 1.29 is 71.5 Å². The van der Waals surface area contributed by atoms with Crippen LogP contribution in [0.5, 0.6) is 23.0 Å². The lowest BCUT2D eigenvalue weighted by atomic mass is 9.95. The van der Waals surface area contributed by atoms with E-state index in [0.29, 0.717) is 105 Å². The number of nitrogens with one attached hydrogen (secondary N) is 4. The van der Waals surface area contributed by atoms with Gasteiger partial charge in [0.2, 0.25) is 23.6 Å². The number of anilines is 3. The molecule has 9 rings (SSSR count). The number of methoxy groups -OCH3 is 4. The van der Waals surface area contributed by atoms with E-state index in [-0.39, 0.29) is 69.6 Å². The highest BCUT2D eigenvalue weighted by Gasteiger charge is 2.38. The van der Waals surface area contributed by atoms with Crippen LogP contribution in [0.2, 0.25) is 0 Å². The van der Waals surface area contributed by atoms with E-state index in [2.05, 4.69) is 37.0 Å². The number of ether oxygens (including phenoxy) is 8. The summed E-state index contributed by atoms with van der Waals surface area (Å²) < 4.78 is 46.6. The molecule has 23 nitrogen and oxygen atoms in total. The lowest BCUT2D eigenvalue weighted by Gasteiger charge is -2.28. The molecule has 23 heteroatoms.